The van der Waals surface area contributed by atoms with Crippen LogP contribution in [-0.4, -0.2) is 155 Å². The summed E-state index contributed by atoms with van der Waals surface area (Å²) in [4.78, 5) is 115. The SMILES string of the molecule is CC.CC.CC(C)C.CC(C)C(N)C(N)=O.CCC(NC(=O)C(NC(=O)C(CC1CCCCC1)NC(=O)C(CCN)NC(=O)CNC(=O)[C@H](C)N(C)C(=O)C(N[C-]=O)C(C)C)C(C)(C)O)C(N)=O.[CH2-]c1ccc(-c2ccccc2)cc1.[CH3-].[CH3][Sb].[Yb+3]. The van der Waals surface area contributed by atoms with E-state index >= 15 is 0 Å². The van der Waals surface area contributed by atoms with Gasteiger partial charge in [0.05, 0.1) is 24.2 Å². The molecule has 1 aliphatic carbocycles. The summed E-state index contributed by atoms with van der Waals surface area (Å²) in [5, 5.41) is 25.7. The molecule has 6 unspecified atom stereocenters. The maximum absolute atomic E-state index is 13.7. The molecule has 0 aromatic heterocycles. The number of nitrogens with two attached hydrogens (primary N) is 4. The number of nitrogens with one attached hydrogen (secondary N) is 6. The fourth-order valence-corrected chi connectivity index (χ4v) is 7.51. The Kier molecular flexibility index (Phi) is 57.1. The Morgan fingerprint density at radius 3 is 1.59 bits per heavy atom. The molecular formula is C62H111N11O10SbYb. The molecule has 493 valence electrons. The van der Waals surface area contributed by atoms with Gasteiger partial charge in [0, 0.05) is 7.05 Å². The predicted octanol–water partition coefficient (Wildman–Crippen LogP) is 4.91. The standard InChI is InChI=1S/C34H60N9O9.C13H11.C5H12N2O.C4H10.2C2H6.2CH3.Sb.Yb/c1-8-22(28(36)46)40-32(50)27(34(5,6)52)42-31(49)24(16-21-12-10-9-11-13-21)41-30(48)23(14-15-35)39-25(45)17-37-29(47)20(4)43(7)33(51)26(19(2)3)38-18-44;1-11-7-9-13(10-8-11)12-5-3-2-4-6-12;1-3(2)4(6)5(7)8;1-4(2)3;2*1-2;;;;/h19-24,26-27,52H,8-17,35H2,1-7H3,(H2,36,46)(H,37,47)(H,38,44)(H,39,45)(H,40,50)(H,41,48)(H,42,49);2-10H,1H2;3-4H,6H2,1-2H3,(H2,7,8);4H,1-3H3;2*1-2H3;2*1H3;;/q2*-1;;;;;;-1;;+3/t20-,22?,23?,24?,26?,27?;;;;;;;;;/m0........./s1. The predicted molar refractivity (Wildman–Crippen MR) is 341 cm³/mol. The first-order chi connectivity index (χ1) is 38.9. The van der Waals surface area contributed by atoms with E-state index in [0.29, 0.717) is 0 Å². The topological polar surface area (TPSA) is 353 Å². The van der Waals surface area contributed by atoms with E-state index in [1.165, 1.54) is 45.4 Å². The van der Waals surface area contributed by atoms with Gasteiger partial charge in [-0.05, 0) is 81.4 Å². The van der Waals surface area contributed by atoms with E-state index in [2.05, 4.69) is 88.7 Å². The number of carbonyl (C=O) groups excluding carboxylic acids is 9. The molecular weight excluding hydrogens is 1350 g/mol. The molecule has 3 rings (SSSR count). The molecule has 2 aromatic carbocycles. The Morgan fingerprint density at radius 1 is 0.718 bits per heavy atom. The number of nitrogens with zero attached hydrogens (tertiary/aromatic N) is 1. The molecule has 23 heteroatoms. The Labute approximate surface area is 564 Å². The van der Waals surface area contributed by atoms with Crippen molar-refractivity contribution in [1.29, 1.82) is 0 Å². The van der Waals surface area contributed by atoms with Gasteiger partial charge in [-0.1, -0.05) is 146 Å². The maximum atomic E-state index is 13.7. The molecule has 0 aliphatic heterocycles. The van der Waals surface area contributed by atoms with Crippen molar-refractivity contribution >= 4 is 76.7 Å². The monoisotopic (exact) mass is 1460 g/mol. The fourth-order valence-electron chi connectivity index (χ4n) is 7.51. The van der Waals surface area contributed by atoms with Crippen molar-refractivity contribution in [2.45, 2.75) is 208 Å². The van der Waals surface area contributed by atoms with Gasteiger partial charge in [0.2, 0.25) is 47.3 Å². The Bertz CT molecular complexity index is 2140. The summed E-state index contributed by atoms with van der Waals surface area (Å²) >= 11 is 1.75. The zero-order valence-corrected chi connectivity index (χ0v) is 58.7. The molecule has 15 N–H and O–H groups in total. The third-order valence-electron chi connectivity index (χ3n) is 12.3. The summed E-state index contributed by atoms with van der Waals surface area (Å²) in [5.41, 5.74) is 23.0. The van der Waals surface area contributed by atoms with Crippen LogP contribution in [-0.2, 0) is 43.2 Å². The van der Waals surface area contributed by atoms with Gasteiger partial charge in [0.15, 0.2) is 0 Å². The Balaban J connectivity index is -0.000000382. The number of hydrogen-bond acceptors (Lipinski definition) is 12. The van der Waals surface area contributed by atoms with Crippen LogP contribution in [0.2, 0.25) is 4.87 Å². The summed E-state index contributed by atoms with van der Waals surface area (Å²) in [7, 11) is 1.38. The quantitative estimate of drug-likeness (QED) is 0.0359. The number of amides is 9. The van der Waals surface area contributed by atoms with Gasteiger partial charge in [-0.15, -0.1) is 12.1 Å². The van der Waals surface area contributed by atoms with Crippen molar-refractivity contribution < 1.29 is 95.2 Å². The number of rotatable bonds is 25. The number of primary amides is 2. The molecule has 3 radical (unpaired) electrons. The Hall–Kier alpha value is -4.24. The van der Waals surface area contributed by atoms with E-state index in [-0.39, 0.29) is 97.9 Å². The van der Waals surface area contributed by atoms with Crippen LogP contribution in [0.15, 0.2) is 54.6 Å². The van der Waals surface area contributed by atoms with Gasteiger partial charge in [-0.3, -0.25) is 38.4 Å². The van der Waals surface area contributed by atoms with Gasteiger partial charge in [0.25, 0.3) is 0 Å². The molecule has 0 bridgehead atoms. The van der Waals surface area contributed by atoms with E-state index in [1.807, 2.05) is 71.9 Å². The van der Waals surface area contributed by atoms with Gasteiger partial charge in [-0.2, -0.15) is 31.0 Å². The van der Waals surface area contributed by atoms with E-state index in [1.54, 1.807) is 43.8 Å². The van der Waals surface area contributed by atoms with E-state index < -0.39 is 102 Å². The minimum atomic E-state index is -1.78. The molecule has 7 atom stereocenters. The van der Waals surface area contributed by atoms with Crippen molar-refractivity contribution in [3.8, 4) is 11.1 Å². The maximum Gasteiger partial charge on any atom is 3.00 e. The first-order valence-electron chi connectivity index (χ1n) is 29.0. The minimum absolute atomic E-state index is 0. The number of aliphatic hydroxyl groups is 1. The van der Waals surface area contributed by atoms with Crippen LogP contribution in [0.4, 0.5) is 0 Å². The number of likely N-dealkylation sites (N-methyl/N-ethyl adjacent to an activating group) is 1. The van der Waals surface area contributed by atoms with Crippen LogP contribution in [0.1, 0.15) is 161 Å². The molecule has 85 heavy (non-hydrogen) atoms. The molecule has 1 saturated carbocycles. The molecule has 9 amide bonds. The van der Waals surface area contributed by atoms with E-state index in [9.17, 15) is 48.3 Å². The van der Waals surface area contributed by atoms with Crippen molar-refractivity contribution in [1.82, 2.24) is 36.8 Å². The zero-order valence-electron chi connectivity index (χ0n) is 54.4. The summed E-state index contributed by atoms with van der Waals surface area (Å²) in [6.07, 6.45) is 6.44. The van der Waals surface area contributed by atoms with E-state index in [4.69, 9.17) is 22.9 Å². The van der Waals surface area contributed by atoms with Crippen LogP contribution in [0, 0.1) is 84.9 Å². The van der Waals surface area contributed by atoms with Crippen molar-refractivity contribution in [3.63, 3.8) is 0 Å². The van der Waals surface area contributed by atoms with Crippen LogP contribution in [0.5, 0.6) is 0 Å². The summed E-state index contributed by atoms with van der Waals surface area (Å²) < 4.78 is 0. The fraction of sp³-hybridized carbons (Fsp3) is 0.629. The average Bonchev–Trinajstić information content (AvgIpc) is 3.58. The molecule has 2 aromatic rings. The van der Waals surface area contributed by atoms with Gasteiger partial charge in [-0.25, -0.2) is 0 Å². The molecule has 0 saturated heterocycles. The zero-order chi connectivity index (χ0) is 65.2. The van der Waals surface area contributed by atoms with Gasteiger partial charge < -0.3 is 77.1 Å². The summed E-state index contributed by atoms with van der Waals surface area (Å²) in [6.45, 7) is 30.6. The molecule has 0 heterocycles. The average molecular weight is 1470 g/mol. The summed E-state index contributed by atoms with van der Waals surface area (Å²) in [6, 6.07) is 11.2. The number of hydrogen-bond donors (Lipinski definition) is 11. The van der Waals surface area contributed by atoms with Crippen molar-refractivity contribution in [2.75, 3.05) is 20.1 Å². The molecule has 0 spiro atoms. The second-order valence-electron chi connectivity index (χ2n) is 21.2. The van der Waals surface area contributed by atoms with Crippen molar-refractivity contribution in [3.05, 3.63) is 74.5 Å². The minimum Gasteiger partial charge on any atom is 3.00 e. The first-order valence-corrected chi connectivity index (χ1v) is 31.5. The molecule has 1 aliphatic rings. The van der Waals surface area contributed by atoms with E-state index in [0.717, 1.165) is 48.5 Å². The smallest absolute Gasteiger partial charge is 3.00 e. The number of benzene rings is 2. The van der Waals surface area contributed by atoms with Gasteiger partial charge in [0.1, 0.15) is 30.2 Å². The molecule has 21 nitrogen and oxygen atoms in total. The van der Waals surface area contributed by atoms with Crippen LogP contribution in [0.25, 0.3) is 11.1 Å². The normalized spacial score (nSPS) is 13.8. The van der Waals surface area contributed by atoms with Gasteiger partial charge >= 0.3 is 74.8 Å². The third kappa shape index (κ3) is 40.8. The second kappa shape index (κ2) is 52.8. The molecule has 1 fully saturated rings. The van der Waals surface area contributed by atoms with Crippen molar-refractivity contribution in [2.24, 2.45) is 46.6 Å². The largest absolute Gasteiger partial charge is 3.00 e. The second-order valence-corrected chi connectivity index (χ2v) is 21.2. The number of carbonyl (C=O) groups is 8. The third-order valence-corrected chi connectivity index (χ3v) is 12.3. The van der Waals surface area contributed by atoms with Crippen LogP contribution < -0.4 is 54.8 Å². The van der Waals surface area contributed by atoms with Crippen LogP contribution in [0.3, 0.4) is 0 Å². The summed E-state index contributed by atoms with van der Waals surface area (Å²) in [5.74, 6) is -4.71. The first kappa shape index (κ1) is 91.9. The Morgan fingerprint density at radius 2 is 1.19 bits per heavy atom. The van der Waals surface area contributed by atoms with Crippen LogP contribution >= 0.6 is 0 Å².